The maximum absolute atomic E-state index is 5.58. The first kappa shape index (κ1) is 14.9. The highest BCUT2D eigenvalue weighted by Gasteiger charge is 2.18. The van der Waals surface area contributed by atoms with Gasteiger partial charge in [0.15, 0.2) is 0 Å². The van der Waals surface area contributed by atoms with E-state index in [1.165, 1.54) is 30.4 Å². The van der Waals surface area contributed by atoms with Crippen LogP contribution in [0.4, 0.5) is 0 Å². The molecule has 1 aliphatic rings. The van der Waals surface area contributed by atoms with Gasteiger partial charge in [0.25, 0.3) is 0 Å². The molecule has 0 aromatic heterocycles. The Balaban J connectivity index is 2.25. The molecule has 2 rings (SSSR count). The number of hydrogen-bond donors (Lipinski definition) is 1. The van der Waals surface area contributed by atoms with E-state index in [2.05, 4.69) is 47.2 Å². The van der Waals surface area contributed by atoms with Gasteiger partial charge in [-0.3, -0.25) is 0 Å². The van der Waals surface area contributed by atoms with E-state index in [1.807, 2.05) is 0 Å². The lowest BCUT2D eigenvalue weighted by Crippen LogP contribution is -2.35. The average Bonchev–Trinajstić information content (AvgIpc) is 2.39. The lowest BCUT2D eigenvalue weighted by atomic mass is 9.94. The second-order valence-corrected chi connectivity index (χ2v) is 6.56. The number of rotatable bonds is 4. The Morgan fingerprint density at radius 2 is 2.16 bits per heavy atom. The number of halogens is 1. The van der Waals surface area contributed by atoms with Crippen LogP contribution in [0.15, 0.2) is 16.6 Å². The molecule has 1 heterocycles. The number of methoxy groups -OCH3 is 1. The van der Waals surface area contributed by atoms with E-state index in [0.29, 0.717) is 12.0 Å². The highest BCUT2D eigenvalue weighted by Crippen LogP contribution is 2.34. The van der Waals surface area contributed by atoms with Gasteiger partial charge in [-0.15, -0.1) is 0 Å². The molecule has 0 amide bonds. The third-order valence-corrected chi connectivity index (χ3v) is 4.48. The summed E-state index contributed by atoms with van der Waals surface area (Å²) in [7, 11) is 1.76. The van der Waals surface area contributed by atoms with Crippen molar-refractivity contribution in [3.8, 4) is 5.75 Å². The van der Waals surface area contributed by atoms with Crippen LogP contribution in [0.25, 0.3) is 0 Å². The highest BCUT2D eigenvalue weighted by atomic mass is 79.9. The molecule has 2 nitrogen and oxygen atoms in total. The largest absolute Gasteiger partial charge is 0.495 e. The van der Waals surface area contributed by atoms with E-state index >= 15 is 0 Å². The minimum Gasteiger partial charge on any atom is -0.495 e. The molecule has 1 atom stereocenters. The molecule has 3 heteroatoms. The molecule has 1 unspecified atom stereocenters. The molecule has 1 aliphatic heterocycles. The van der Waals surface area contributed by atoms with E-state index in [-0.39, 0.29) is 0 Å². The Bertz CT molecular complexity index is 425. The standard InChI is InChI=1S/C16H24BrNO/c1-11(2)12-8-13(16(19-3)15(17)10-12)9-14-6-4-5-7-18-14/h8,10-11,14,18H,4-7,9H2,1-3H3. The van der Waals surface area contributed by atoms with E-state index in [1.54, 1.807) is 7.11 Å². The molecule has 0 radical (unpaired) electrons. The van der Waals surface area contributed by atoms with Crippen molar-refractivity contribution in [1.29, 1.82) is 0 Å². The fourth-order valence-corrected chi connectivity index (χ4v) is 3.43. The van der Waals surface area contributed by atoms with Crippen LogP contribution in [-0.4, -0.2) is 19.7 Å². The van der Waals surface area contributed by atoms with Gasteiger partial charge in [0.1, 0.15) is 5.75 Å². The van der Waals surface area contributed by atoms with Gasteiger partial charge in [0.05, 0.1) is 11.6 Å². The molecule has 1 aromatic rings. The first-order valence-electron chi connectivity index (χ1n) is 7.21. The normalized spacial score (nSPS) is 19.7. The molecule has 0 spiro atoms. The number of nitrogens with one attached hydrogen (secondary N) is 1. The van der Waals surface area contributed by atoms with Gasteiger partial charge < -0.3 is 10.1 Å². The first-order valence-corrected chi connectivity index (χ1v) is 8.00. The molecule has 1 saturated heterocycles. The zero-order chi connectivity index (χ0) is 13.8. The van der Waals surface area contributed by atoms with Crippen molar-refractivity contribution in [1.82, 2.24) is 5.32 Å². The summed E-state index contributed by atoms with van der Waals surface area (Å²) in [6.45, 7) is 5.62. The van der Waals surface area contributed by atoms with Gasteiger partial charge in [-0.05, 0) is 64.8 Å². The molecule has 19 heavy (non-hydrogen) atoms. The van der Waals surface area contributed by atoms with Crippen LogP contribution < -0.4 is 10.1 Å². The van der Waals surface area contributed by atoms with Crippen LogP contribution in [0.1, 0.15) is 50.2 Å². The number of benzene rings is 1. The maximum Gasteiger partial charge on any atom is 0.136 e. The first-order chi connectivity index (χ1) is 9.11. The number of hydrogen-bond acceptors (Lipinski definition) is 2. The molecule has 0 aliphatic carbocycles. The minimum atomic E-state index is 0.542. The Hall–Kier alpha value is -0.540. The molecule has 1 fully saturated rings. The topological polar surface area (TPSA) is 21.3 Å². The zero-order valence-corrected chi connectivity index (χ0v) is 13.7. The van der Waals surface area contributed by atoms with Crippen LogP contribution in [0.3, 0.4) is 0 Å². The Morgan fingerprint density at radius 1 is 1.37 bits per heavy atom. The van der Waals surface area contributed by atoms with Gasteiger partial charge in [-0.25, -0.2) is 0 Å². The van der Waals surface area contributed by atoms with Gasteiger partial charge in [0.2, 0.25) is 0 Å². The average molecular weight is 326 g/mol. The van der Waals surface area contributed by atoms with Crippen LogP contribution in [0.2, 0.25) is 0 Å². The summed E-state index contributed by atoms with van der Waals surface area (Å²) in [6, 6.07) is 5.09. The third-order valence-electron chi connectivity index (χ3n) is 3.89. The van der Waals surface area contributed by atoms with Crippen molar-refractivity contribution < 1.29 is 4.74 Å². The van der Waals surface area contributed by atoms with E-state index < -0.39 is 0 Å². The Kier molecular flexibility index (Phi) is 5.28. The summed E-state index contributed by atoms with van der Waals surface area (Å²) in [6.07, 6.45) is 4.98. The molecule has 0 saturated carbocycles. The Labute approximate surface area is 125 Å². The molecule has 1 aromatic carbocycles. The lowest BCUT2D eigenvalue weighted by molar-refractivity contribution is 0.380. The van der Waals surface area contributed by atoms with Crippen molar-refractivity contribution >= 4 is 15.9 Å². The minimum absolute atomic E-state index is 0.542. The summed E-state index contributed by atoms with van der Waals surface area (Å²) in [4.78, 5) is 0. The quantitative estimate of drug-likeness (QED) is 0.892. The fraction of sp³-hybridized carbons (Fsp3) is 0.625. The molecular weight excluding hydrogens is 302 g/mol. The summed E-state index contributed by atoms with van der Waals surface area (Å²) >= 11 is 3.65. The van der Waals surface area contributed by atoms with Crippen molar-refractivity contribution in [2.75, 3.05) is 13.7 Å². The van der Waals surface area contributed by atoms with E-state index in [4.69, 9.17) is 4.74 Å². The number of piperidine rings is 1. The number of ether oxygens (including phenoxy) is 1. The van der Waals surface area contributed by atoms with Crippen LogP contribution >= 0.6 is 15.9 Å². The van der Waals surface area contributed by atoms with Crippen LogP contribution in [0.5, 0.6) is 5.75 Å². The Morgan fingerprint density at radius 3 is 2.74 bits per heavy atom. The summed E-state index contributed by atoms with van der Waals surface area (Å²) in [5.41, 5.74) is 2.69. The molecular formula is C16H24BrNO. The smallest absolute Gasteiger partial charge is 0.136 e. The molecule has 1 N–H and O–H groups in total. The maximum atomic E-state index is 5.58. The summed E-state index contributed by atoms with van der Waals surface area (Å²) < 4.78 is 6.65. The van der Waals surface area contributed by atoms with Crippen molar-refractivity contribution in [2.24, 2.45) is 0 Å². The van der Waals surface area contributed by atoms with Gasteiger partial charge in [-0.2, -0.15) is 0 Å². The SMILES string of the molecule is COc1c(Br)cc(C(C)C)cc1CC1CCCCN1. The highest BCUT2D eigenvalue weighted by molar-refractivity contribution is 9.10. The predicted octanol–water partition coefficient (Wildman–Crippen LogP) is 4.27. The monoisotopic (exact) mass is 325 g/mol. The van der Waals surface area contributed by atoms with E-state index in [0.717, 1.165) is 23.2 Å². The van der Waals surface area contributed by atoms with Crippen molar-refractivity contribution in [3.63, 3.8) is 0 Å². The molecule has 106 valence electrons. The summed E-state index contributed by atoms with van der Waals surface area (Å²) in [5, 5.41) is 3.62. The van der Waals surface area contributed by atoms with Gasteiger partial charge >= 0.3 is 0 Å². The second-order valence-electron chi connectivity index (χ2n) is 5.70. The zero-order valence-electron chi connectivity index (χ0n) is 12.1. The van der Waals surface area contributed by atoms with E-state index in [9.17, 15) is 0 Å². The van der Waals surface area contributed by atoms with Crippen LogP contribution in [-0.2, 0) is 6.42 Å². The summed E-state index contributed by atoms with van der Waals surface area (Å²) in [5.74, 6) is 1.54. The second kappa shape index (κ2) is 6.76. The van der Waals surface area contributed by atoms with Crippen molar-refractivity contribution in [3.05, 3.63) is 27.7 Å². The fourth-order valence-electron chi connectivity index (χ4n) is 2.75. The lowest BCUT2D eigenvalue weighted by Gasteiger charge is -2.25. The third kappa shape index (κ3) is 3.73. The van der Waals surface area contributed by atoms with Crippen molar-refractivity contribution in [2.45, 2.75) is 51.5 Å². The van der Waals surface area contributed by atoms with Gasteiger partial charge in [0, 0.05) is 6.04 Å². The predicted molar refractivity (Wildman–Crippen MR) is 84.1 cm³/mol. The van der Waals surface area contributed by atoms with Gasteiger partial charge in [-0.1, -0.05) is 26.3 Å². The molecule has 0 bridgehead atoms. The van der Waals surface area contributed by atoms with Crippen LogP contribution in [0, 0.1) is 0 Å².